The van der Waals surface area contributed by atoms with Crippen molar-refractivity contribution in [3.63, 3.8) is 0 Å². The number of thiophene rings is 1. The quantitative estimate of drug-likeness (QED) is 0.291. The minimum absolute atomic E-state index is 0.0178. The molecule has 0 radical (unpaired) electrons. The first-order valence-electron chi connectivity index (χ1n) is 11.4. The number of nitrogens with one attached hydrogen (secondary N) is 1. The van der Waals surface area contributed by atoms with Crippen molar-refractivity contribution in [3.05, 3.63) is 94.2 Å². The molecule has 1 saturated carbocycles. The van der Waals surface area contributed by atoms with Gasteiger partial charge in [-0.1, -0.05) is 30.3 Å². The number of allylic oxidation sites excluding steroid dienone is 1. The molecular formula is C28H31NO3S. The van der Waals surface area contributed by atoms with Gasteiger partial charge in [-0.25, -0.2) is 0 Å². The fraction of sp³-hybridized carbons (Fsp3) is 0.321. The number of amides is 1. The van der Waals surface area contributed by atoms with Gasteiger partial charge < -0.3 is 14.8 Å². The Hall–Kier alpha value is -3.05. The van der Waals surface area contributed by atoms with Crippen molar-refractivity contribution in [2.75, 3.05) is 20.8 Å². The topological polar surface area (TPSA) is 47.6 Å². The zero-order valence-electron chi connectivity index (χ0n) is 19.3. The third-order valence-electron chi connectivity index (χ3n) is 6.48. The number of aryl methyl sites for hydroxylation is 1. The lowest BCUT2D eigenvalue weighted by Crippen LogP contribution is -2.22. The minimum atomic E-state index is -0.129. The molecule has 1 amide bonds. The standard InChI is InChI=1S/C28H31NO3S/c1-31-25-11-6-22(7-12-25)28(23-8-13-26(32-2)14-9-23)19-24(28)10-15-27(30)29-17-4-3-5-21-16-18-33-20-21/h6-16,18,20,24H,3-5,17,19H2,1-2H3,(H,29,30)/b15-10+/t24-/m1/s1. The summed E-state index contributed by atoms with van der Waals surface area (Å²) >= 11 is 1.73. The average molecular weight is 462 g/mol. The molecule has 1 heterocycles. The number of methoxy groups -OCH3 is 2. The summed E-state index contributed by atoms with van der Waals surface area (Å²) in [6, 6.07) is 18.7. The van der Waals surface area contributed by atoms with E-state index < -0.39 is 0 Å². The van der Waals surface area contributed by atoms with Crippen LogP contribution < -0.4 is 14.8 Å². The molecule has 4 nitrogen and oxygen atoms in total. The van der Waals surface area contributed by atoms with E-state index in [0.29, 0.717) is 6.54 Å². The summed E-state index contributed by atoms with van der Waals surface area (Å²) in [5, 5.41) is 7.32. The van der Waals surface area contributed by atoms with Crippen LogP contribution in [0, 0.1) is 5.92 Å². The van der Waals surface area contributed by atoms with Gasteiger partial charge in [-0.2, -0.15) is 11.3 Å². The molecule has 0 spiro atoms. The van der Waals surface area contributed by atoms with Crippen molar-refractivity contribution in [2.45, 2.75) is 31.1 Å². The summed E-state index contributed by atoms with van der Waals surface area (Å²) in [6.45, 7) is 0.708. The first-order chi connectivity index (χ1) is 16.2. The number of rotatable bonds is 11. The first-order valence-corrected chi connectivity index (χ1v) is 12.4. The van der Waals surface area contributed by atoms with E-state index in [2.05, 4.69) is 52.5 Å². The Morgan fingerprint density at radius 1 is 1.00 bits per heavy atom. The van der Waals surface area contributed by atoms with Crippen molar-refractivity contribution in [3.8, 4) is 11.5 Å². The van der Waals surface area contributed by atoms with E-state index >= 15 is 0 Å². The van der Waals surface area contributed by atoms with Crippen LogP contribution in [0.4, 0.5) is 0 Å². The van der Waals surface area contributed by atoms with Crippen LogP contribution in [0.1, 0.15) is 36.0 Å². The molecule has 4 rings (SSSR count). The summed E-state index contributed by atoms with van der Waals surface area (Å²) in [5.74, 6) is 1.93. The molecule has 33 heavy (non-hydrogen) atoms. The number of benzene rings is 2. The van der Waals surface area contributed by atoms with Gasteiger partial charge in [0.25, 0.3) is 0 Å². The number of carbonyl (C=O) groups excluding carboxylic acids is 1. The number of hydrogen-bond acceptors (Lipinski definition) is 4. The predicted octanol–water partition coefficient (Wildman–Crippen LogP) is 5.77. The van der Waals surface area contributed by atoms with Crippen LogP contribution in [0.15, 0.2) is 77.5 Å². The van der Waals surface area contributed by atoms with Crippen molar-refractivity contribution >= 4 is 17.2 Å². The molecule has 1 N–H and O–H groups in total. The van der Waals surface area contributed by atoms with Gasteiger partial charge in [0.2, 0.25) is 5.91 Å². The second-order valence-electron chi connectivity index (χ2n) is 8.48. The normalized spacial score (nSPS) is 16.5. The number of hydrogen-bond donors (Lipinski definition) is 1. The van der Waals surface area contributed by atoms with E-state index in [9.17, 15) is 4.79 Å². The molecule has 2 aromatic carbocycles. The van der Waals surface area contributed by atoms with Crippen molar-refractivity contribution in [2.24, 2.45) is 5.92 Å². The van der Waals surface area contributed by atoms with E-state index in [1.165, 1.54) is 16.7 Å². The molecule has 1 atom stereocenters. The lowest BCUT2D eigenvalue weighted by Gasteiger charge is -2.19. The molecule has 3 aromatic rings. The third-order valence-corrected chi connectivity index (χ3v) is 7.21. The van der Waals surface area contributed by atoms with Crippen LogP contribution >= 0.6 is 11.3 Å². The molecule has 172 valence electrons. The maximum Gasteiger partial charge on any atom is 0.243 e. The van der Waals surface area contributed by atoms with E-state index in [0.717, 1.165) is 37.2 Å². The lowest BCUT2D eigenvalue weighted by atomic mass is 9.85. The molecule has 1 aromatic heterocycles. The highest BCUT2D eigenvalue weighted by Crippen LogP contribution is 2.59. The minimum Gasteiger partial charge on any atom is -0.497 e. The fourth-order valence-corrected chi connectivity index (χ4v) is 5.19. The molecule has 0 unspecified atom stereocenters. The van der Waals surface area contributed by atoms with Gasteiger partial charge in [0, 0.05) is 12.0 Å². The van der Waals surface area contributed by atoms with E-state index in [1.54, 1.807) is 31.6 Å². The van der Waals surface area contributed by atoms with E-state index in [-0.39, 0.29) is 17.2 Å². The molecule has 1 aliphatic rings. The summed E-state index contributed by atoms with van der Waals surface area (Å²) in [5.41, 5.74) is 3.72. The van der Waals surface area contributed by atoms with Crippen LogP contribution in [0.25, 0.3) is 0 Å². The van der Waals surface area contributed by atoms with Gasteiger partial charge in [-0.3, -0.25) is 4.79 Å². The Labute approximate surface area is 200 Å². The van der Waals surface area contributed by atoms with Gasteiger partial charge in [-0.15, -0.1) is 0 Å². The average Bonchev–Trinajstić information content (AvgIpc) is 3.36. The lowest BCUT2D eigenvalue weighted by molar-refractivity contribution is -0.116. The Morgan fingerprint density at radius 3 is 2.18 bits per heavy atom. The van der Waals surface area contributed by atoms with Crippen molar-refractivity contribution in [1.29, 1.82) is 0 Å². The zero-order valence-corrected chi connectivity index (χ0v) is 20.1. The van der Waals surface area contributed by atoms with Crippen molar-refractivity contribution < 1.29 is 14.3 Å². The Kier molecular flexibility index (Phi) is 7.50. The van der Waals surface area contributed by atoms with Gasteiger partial charge in [0.1, 0.15) is 11.5 Å². The van der Waals surface area contributed by atoms with Crippen molar-refractivity contribution in [1.82, 2.24) is 5.32 Å². The van der Waals surface area contributed by atoms with Crippen LogP contribution in [-0.2, 0) is 16.6 Å². The summed E-state index contributed by atoms with van der Waals surface area (Å²) in [7, 11) is 3.36. The van der Waals surface area contributed by atoms with Gasteiger partial charge in [0.05, 0.1) is 14.2 Å². The van der Waals surface area contributed by atoms with Gasteiger partial charge in [-0.05, 0) is 95.5 Å². The smallest absolute Gasteiger partial charge is 0.243 e. The maximum absolute atomic E-state index is 12.4. The first kappa shape index (κ1) is 23.1. The second kappa shape index (κ2) is 10.7. The molecule has 1 aliphatic carbocycles. The summed E-state index contributed by atoms with van der Waals surface area (Å²) < 4.78 is 10.7. The molecule has 5 heteroatoms. The number of ether oxygens (including phenoxy) is 2. The van der Waals surface area contributed by atoms with E-state index in [1.807, 2.05) is 24.3 Å². The van der Waals surface area contributed by atoms with Crippen LogP contribution in [0.5, 0.6) is 11.5 Å². The van der Waals surface area contributed by atoms with Crippen LogP contribution in [-0.4, -0.2) is 26.7 Å². The van der Waals surface area contributed by atoms with E-state index in [4.69, 9.17) is 9.47 Å². The molecular weight excluding hydrogens is 430 g/mol. The number of unbranched alkanes of at least 4 members (excludes halogenated alkanes) is 1. The monoisotopic (exact) mass is 461 g/mol. The zero-order chi connectivity index (χ0) is 23.1. The summed E-state index contributed by atoms with van der Waals surface area (Å²) in [4.78, 5) is 12.4. The second-order valence-corrected chi connectivity index (χ2v) is 9.26. The van der Waals surface area contributed by atoms with Crippen LogP contribution in [0.3, 0.4) is 0 Å². The van der Waals surface area contributed by atoms with Gasteiger partial charge >= 0.3 is 0 Å². The number of carbonyl (C=O) groups is 1. The Bertz CT molecular complexity index is 1010. The van der Waals surface area contributed by atoms with Gasteiger partial charge in [0.15, 0.2) is 0 Å². The Balaban J connectivity index is 1.38. The largest absolute Gasteiger partial charge is 0.497 e. The SMILES string of the molecule is COc1ccc(C2(c3ccc(OC)cc3)C[C@H]2/C=C/C(=O)NCCCCc2ccsc2)cc1. The Morgan fingerprint density at radius 2 is 1.64 bits per heavy atom. The fourth-order valence-electron chi connectivity index (χ4n) is 4.49. The van der Waals surface area contributed by atoms with Crippen LogP contribution in [0.2, 0.25) is 0 Å². The molecule has 0 saturated heterocycles. The predicted molar refractivity (Wildman–Crippen MR) is 134 cm³/mol. The third kappa shape index (κ3) is 5.48. The highest BCUT2D eigenvalue weighted by molar-refractivity contribution is 7.07. The summed E-state index contributed by atoms with van der Waals surface area (Å²) in [6.07, 6.45) is 7.88. The molecule has 0 aliphatic heterocycles. The highest BCUT2D eigenvalue weighted by Gasteiger charge is 2.55. The molecule has 1 fully saturated rings. The maximum atomic E-state index is 12.4. The molecule has 0 bridgehead atoms. The highest BCUT2D eigenvalue weighted by atomic mass is 32.1.